The molecule has 3 heterocycles. The minimum atomic E-state index is -3.18. The molecule has 38 heavy (non-hydrogen) atoms. The topological polar surface area (TPSA) is 125 Å². The summed E-state index contributed by atoms with van der Waals surface area (Å²) in [4.78, 5) is 9.12. The quantitative estimate of drug-likeness (QED) is 0.357. The molecule has 1 fully saturated rings. The molecule has 2 atom stereocenters. The molecular weight excluding hydrogens is 514 g/mol. The van der Waals surface area contributed by atoms with Crippen molar-refractivity contribution in [3.8, 4) is 23.0 Å². The summed E-state index contributed by atoms with van der Waals surface area (Å²) in [6.07, 6.45) is 4.47. The van der Waals surface area contributed by atoms with Gasteiger partial charge in [0, 0.05) is 18.9 Å². The smallest absolute Gasteiger partial charge is 0.285 e. The van der Waals surface area contributed by atoms with Crippen LogP contribution in [0.2, 0.25) is 0 Å². The largest absolute Gasteiger partial charge is 0.418 e. The van der Waals surface area contributed by atoms with Crippen molar-refractivity contribution in [2.45, 2.75) is 44.4 Å². The Hall–Kier alpha value is -3.67. The Bertz CT molecular complexity index is 1670. The molecule has 0 unspecified atom stereocenters. The Morgan fingerprint density at radius 1 is 1.08 bits per heavy atom. The number of hydrogen-bond donors (Lipinski definition) is 0. The summed E-state index contributed by atoms with van der Waals surface area (Å²) in [6, 6.07) is 7.32. The fourth-order valence-corrected chi connectivity index (χ4v) is 6.72. The molecule has 0 N–H and O–H groups in total. The van der Waals surface area contributed by atoms with E-state index in [9.17, 15) is 17.2 Å². The predicted octanol–water partition coefficient (Wildman–Crippen LogP) is 4.05. The SMILES string of the molecule is CC1(C)[C@H]2CC[C@@]1(c1ccnc(-c3nnc(CCS(C)(=O)=O)o3)n1)c1nnc(-c3c(F)cccc3F)cc12. The van der Waals surface area contributed by atoms with Gasteiger partial charge in [0.15, 0.2) is 0 Å². The van der Waals surface area contributed by atoms with Crippen molar-refractivity contribution in [2.24, 2.45) is 5.41 Å². The second-order valence-corrected chi connectivity index (χ2v) is 12.8. The third-order valence-corrected chi connectivity index (χ3v) is 8.98. The zero-order valence-electron chi connectivity index (χ0n) is 20.9. The number of aryl methyl sites for hydroxylation is 1. The molecule has 2 aliphatic carbocycles. The van der Waals surface area contributed by atoms with Crippen molar-refractivity contribution in [3.63, 3.8) is 0 Å². The zero-order valence-corrected chi connectivity index (χ0v) is 21.8. The van der Waals surface area contributed by atoms with Crippen LogP contribution in [0.1, 0.15) is 55.4 Å². The summed E-state index contributed by atoms with van der Waals surface area (Å²) in [5.41, 5.74) is 1.40. The number of benzene rings is 1. The fourth-order valence-electron chi connectivity index (χ4n) is 6.17. The maximum absolute atomic E-state index is 14.5. The lowest BCUT2D eigenvalue weighted by Crippen LogP contribution is -2.38. The molecule has 4 aromatic rings. The molecule has 0 radical (unpaired) electrons. The lowest BCUT2D eigenvalue weighted by Gasteiger charge is -2.37. The molecule has 12 heteroatoms. The first-order chi connectivity index (χ1) is 18.0. The predicted molar refractivity (Wildman–Crippen MR) is 133 cm³/mol. The first kappa shape index (κ1) is 24.7. The second-order valence-electron chi connectivity index (χ2n) is 10.5. The van der Waals surface area contributed by atoms with Crippen LogP contribution in [0.25, 0.3) is 23.0 Å². The van der Waals surface area contributed by atoms with Crippen molar-refractivity contribution in [2.75, 3.05) is 12.0 Å². The minimum absolute atomic E-state index is 0.0889. The van der Waals surface area contributed by atoms with E-state index in [0.717, 1.165) is 30.4 Å². The van der Waals surface area contributed by atoms with E-state index in [1.165, 1.54) is 18.2 Å². The van der Waals surface area contributed by atoms with Crippen molar-refractivity contribution >= 4 is 9.84 Å². The van der Waals surface area contributed by atoms with Gasteiger partial charge in [-0.25, -0.2) is 27.2 Å². The Kier molecular flexibility index (Phi) is 5.46. The maximum Gasteiger partial charge on any atom is 0.285 e. The third kappa shape index (κ3) is 3.64. The lowest BCUT2D eigenvalue weighted by atomic mass is 9.66. The second kappa shape index (κ2) is 8.42. The Balaban J connectivity index is 1.41. The molecule has 0 amide bonds. The van der Waals surface area contributed by atoms with E-state index < -0.39 is 26.9 Å². The van der Waals surface area contributed by atoms with Crippen LogP contribution in [0, 0.1) is 17.0 Å². The highest BCUT2D eigenvalue weighted by molar-refractivity contribution is 7.90. The van der Waals surface area contributed by atoms with E-state index in [1.54, 1.807) is 12.3 Å². The minimum Gasteiger partial charge on any atom is -0.418 e. The summed E-state index contributed by atoms with van der Waals surface area (Å²) < 4.78 is 57.6. The van der Waals surface area contributed by atoms with Gasteiger partial charge in [-0.2, -0.15) is 5.10 Å². The highest BCUT2D eigenvalue weighted by Crippen LogP contribution is 2.69. The molecule has 0 spiro atoms. The van der Waals surface area contributed by atoms with Crippen LogP contribution in [0.5, 0.6) is 0 Å². The van der Waals surface area contributed by atoms with Gasteiger partial charge in [0.05, 0.1) is 33.8 Å². The average molecular weight is 539 g/mol. The van der Waals surface area contributed by atoms with E-state index in [2.05, 4.69) is 39.2 Å². The van der Waals surface area contributed by atoms with Crippen LogP contribution in [0.3, 0.4) is 0 Å². The zero-order chi connectivity index (χ0) is 26.9. The van der Waals surface area contributed by atoms with Gasteiger partial charge < -0.3 is 4.42 Å². The Labute approximate surface area is 217 Å². The van der Waals surface area contributed by atoms with E-state index in [1.807, 2.05) is 6.07 Å². The molecule has 3 aromatic heterocycles. The first-order valence-corrected chi connectivity index (χ1v) is 14.2. The van der Waals surface area contributed by atoms with Crippen LogP contribution in [-0.4, -0.2) is 50.8 Å². The van der Waals surface area contributed by atoms with Gasteiger partial charge in [0.2, 0.25) is 11.7 Å². The van der Waals surface area contributed by atoms with Crippen molar-refractivity contribution < 1.29 is 21.6 Å². The van der Waals surface area contributed by atoms with E-state index in [-0.39, 0.29) is 52.4 Å². The van der Waals surface area contributed by atoms with Crippen LogP contribution in [-0.2, 0) is 21.7 Å². The van der Waals surface area contributed by atoms with Gasteiger partial charge in [-0.05, 0) is 54.0 Å². The highest BCUT2D eigenvalue weighted by atomic mass is 32.2. The summed E-state index contributed by atoms with van der Waals surface area (Å²) in [5, 5.41) is 16.8. The molecule has 0 aliphatic heterocycles. The summed E-state index contributed by atoms with van der Waals surface area (Å²) >= 11 is 0. The van der Waals surface area contributed by atoms with Gasteiger partial charge in [-0.3, -0.25) is 0 Å². The van der Waals surface area contributed by atoms with E-state index in [4.69, 9.17) is 9.40 Å². The molecular formula is C26H24F2N6O3S. The normalized spacial score (nSPS) is 21.6. The van der Waals surface area contributed by atoms with Crippen LogP contribution in [0.4, 0.5) is 8.78 Å². The van der Waals surface area contributed by atoms with Crippen molar-refractivity contribution in [3.05, 3.63) is 71.0 Å². The molecule has 9 nitrogen and oxygen atoms in total. The summed E-state index contributed by atoms with van der Waals surface area (Å²) in [5.74, 6) is -0.897. The van der Waals surface area contributed by atoms with Crippen LogP contribution in [0.15, 0.2) is 40.9 Å². The fraction of sp³-hybridized carbons (Fsp3) is 0.385. The summed E-state index contributed by atoms with van der Waals surface area (Å²) in [7, 11) is -3.18. The van der Waals surface area contributed by atoms with Gasteiger partial charge in [0.25, 0.3) is 5.89 Å². The maximum atomic E-state index is 14.5. The molecule has 196 valence electrons. The molecule has 1 aromatic carbocycles. The van der Waals surface area contributed by atoms with Crippen LogP contribution < -0.4 is 0 Å². The van der Waals surface area contributed by atoms with Gasteiger partial charge in [0.1, 0.15) is 21.5 Å². The number of hydrogen-bond acceptors (Lipinski definition) is 9. The Morgan fingerprint density at radius 2 is 1.84 bits per heavy atom. The first-order valence-electron chi connectivity index (χ1n) is 12.2. The molecule has 1 saturated carbocycles. The monoisotopic (exact) mass is 538 g/mol. The van der Waals surface area contributed by atoms with Gasteiger partial charge in [-0.1, -0.05) is 19.9 Å². The highest BCUT2D eigenvalue weighted by Gasteiger charge is 2.65. The molecule has 0 saturated heterocycles. The van der Waals surface area contributed by atoms with Crippen LogP contribution >= 0.6 is 0 Å². The van der Waals surface area contributed by atoms with Gasteiger partial charge in [-0.15, -0.1) is 15.3 Å². The van der Waals surface area contributed by atoms with Crippen molar-refractivity contribution in [1.29, 1.82) is 0 Å². The number of nitrogens with zero attached hydrogens (tertiary/aromatic N) is 6. The molecule has 2 aliphatic rings. The van der Waals surface area contributed by atoms with E-state index in [0.29, 0.717) is 5.69 Å². The summed E-state index contributed by atoms with van der Waals surface area (Å²) in [6.45, 7) is 4.29. The number of aromatic nitrogens is 6. The van der Waals surface area contributed by atoms with Gasteiger partial charge >= 0.3 is 0 Å². The van der Waals surface area contributed by atoms with E-state index >= 15 is 0 Å². The third-order valence-electron chi connectivity index (χ3n) is 8.04. The number of halogens is 2. The Morgan fingerprint density at radius 3 is 2.58 bits per heavy atom. The number of fused-ring (bicyclic) bond motifs is 5. The van der Waals surface area contributed by atoms with Crippen molar-refractivity contribution in [1.82, 2.24) is 30.4 Å². The number of sulfone groups is 1. The molecule has 6 rings (SSSR count). The number of rotatable bonds is 6. The lowest BCUT2D eigenvalue weighted by molar-refractivity contribution is 0.242. The average Bonchev–Trinajstić information content (AvgIpc) is 3.50. The molecule has 2 bridgehead atoms. The standard InChI is InChI=1S/C26H24F2N6O3S/c1-25(2)15-7-10-26(25,22-14(15)13-18(31-33-22)21-16(27)5-4-6-17(21)28)19-8-11-29-23(30-19)24-34-32-20(37-24)9-12-38(3,35)36/h4-6,8,11,13,15H,7,9-10,12H2,1-3H3/t15-,26+/m0/s1.